The molecule has 2 aromatic heterocycles. The molecule has 1 aromatic carbocycles. The molecular weight excluding hydrogens is 336 g/mol. The Morgan fingerprint density at radius 2 is 2.07 bits per heavy atom. The number of benzene rings is 1. The van der Waals surface area contributed by atoms with E-state index in [4.69, 9.17) is 0 Å². The zero-order valence-corrected chi connectivity index (χ0v) is 16.0. The van der Waals surface area contributed by atoms with Crippen molar-refractivity contribution in [2.75, 3.05) is 20.1 Å². The Labute approximate surface area is 160 Å². The van der Waals surface area contributed by atoms with E-state index < -0.39 is 0 Å². The van der Waals surface area contributed by atoms with Gasteiger partial charge in [-0.05, 0) is 44.5 Å². The van der Waals surface area contributed by atoms with Gasteiger partial charge in [0.15, 0.2) is 0 Å². The van der Waals surface area contributed by atoms with Gasteiger partial charge < -0.3 is 9.88 Å². The maximum absolute atomic E-state index is 13.0. The normalized spacial score (nSPS) is 15.6. The summed E-state index contributed by atoms with van der Waals surface area (Å²) in [5.41, 5.74) is 4.17. The molecule has 0 atom stereocenters. The van der Waals surface area contributed by atoms with Gasteiger partial charge in [0.25, 0.3) is 5.91 Å². The fourth-order valence-electron chi connectivity index (χ4n) is 4.06. The van der Waals surface area contributed by atoms with Crippen LogP contribution >= 0.6 is 0 Å². The molecule has 3 aromatic rings. The Balaban J connectivity index is 1.38. The molecule has 3 heterocycles. The Morgan fingerprint density at radius 1 is 1.26 bits per heavy atom. The molecule has 0 bridgehead atoms. The first-order chi connectivity index (χ1) is 13.1. The highest BCUT2D eigenvalue weighted by molar-refractivity contribution is 6.05. The maximum Gasteiger partial charge on any atom is 0.254 e. The summed E-state index contributed by atoms with van der Waals surface area (Å²) in [6.45, 7) is 4.69. The van der Waals surface area contributed by atoms with Gasteiger partial charge in [-0.25, -0.2) is 4.98 Å². The van der Waals surface area contributed by atoms with Crippen LogP contribution in [-0.2, 0) is 6.54 Å². The van der Waals surface area contributed by atoms with Gasteiger partial charge in [0.1, 0.15) is 5.65 Å². The highest BCUT2D eigenvalue weighted by Gasteiger charge is 2.26. The van der Waals surface area contributed by atoms with Gasteiger partial charge in [0, 0.05) is 43.5 Å². The van der Waals surface area contributed by atoms with Crippen molar-refractivity contribution in [1.29, 1.82) is 0 Å². The fourth-order valence-corrected chi connectivity index (χ4v) is 4.06. The number of pyridine rings is 1. The number of H-pyrrole nitrogens is 1. The zero-order valence-electron chi connectivity index (χ0n) is 16.0. The van der Waals surface area contributed by atoms with Crippen molar-refractivity contribution in [2.24, 2.45) is 0 Å². The average Bonchev–Trinajstić information content (AvgIpc) is 3.16. The lowest BCUT2D eigenvalue weighted by molar-refractivity contribution is 0.0641. The van der Waals surface area contributed by atoms with Gasteiger partial charge in [-0.3, -0.25) is 9.69 Å². The molecular formula is C22H26N4O. The lowest BCUT2D eigenvalue weighted by Crippen LogP contribution is -2.45. The van der Waals surface area contributed by atoms with E-state index in [0.29, 0.717) is 6.04 Å². The summed E-state index contributed by atoms with van der Waals surface area (Å²) in [6, 6.07) is 13.0. The Bertz CT molecular complexity index is 940. The summed E-state index contributed by atoms with van der Waals surface area (Å²) in [5, 5.41) is 0.904. The van der Waals surface area contributed by atoms with E-state index in [-0.39, 0.29) is 5.91 Å². The lowest BCUT2D eigenvalue weighted by atomic mass is 10.0. The number of nitrogens with one attached hydrogen (secondary N) is 1. The van der Waals surface area contributed by atoms with Crippen LogP contribution in [0.1, 0.15) is 34.3 Å². The number of carbonyl (C=O) groups excluding carboxylic acids is 1. The van der Waals surface area contributed by atoms with Crippen molar-refractivity contribution in [3.8, 4) is 0 Å². The van der Waals surface area contributed by atoms with Crippen molar-refractivity contribution in [3.05, 3.63) is 65.5 Å². The van der Waals surface area contributed by atoms with Crippen molar-refractivity contribution in [1.82, 2.24) is 19.8 Å². The number of hydrogen-bond donors (Lipinski definition) is 1. The molecule has 0 spiro atoms. The van der Waals surface area contributed by atoms with Crippen molar-refractivity contribution >= 4 is 16.9 Å². The number of carbonyl (C=O) groups is 1. The maximum atomic E-state index is 13.0. The zero-order chi connectivity index (χ0) is 18.8. The molecule has 5 nitrogen and oxygen atoms in total. The summed E-state index contributed by atoms with van der Waals surface area (Å²) >= 11 is 0. The van der Waals surface area contributed by atoms with Crippen LogP contribution in [0.15, 0.2) is 48.8 Å². The van der Waals surface area contributed by atoms with E-state index in [1.807, 2.05) is 23.2 Å². The first kappa shape index (κ1) is 17.7. The summed E-state index contributed by atoms with van der Waals surface area (Å²) in [4.78, 5) is 24.8. The third kappa shape index (κ3) is 3.74. The minimum absolute atomic E-state index is 0.113. The van der Waals surface area contributed by atoms with E-state index in [1.165, 1.54) is 11.1 Å². The van der Waals surface area contributed by atoms with Crippen molar-refractivity contribution < 1.29 is 4.79 Å². The van der Waals surface area contributed by atoms with E-state index in [0.717, 1.165) is 49.1 Å². The fraction of sp³-hybridized carbons (Fsp3) is 0.364. The second kappa shape index (κ2) is 7.53. The predicted molar refractivity (Wildman–Crippen MR) is 108 cm³/mol. The van der Waals surface area contributed by atoms with Gasteiger partial charge in [0.2, 0.25) is 0 Å². The van der Waals surface area contributed by atoms with Crippen LogP contribution in [0, 0.1) is 6.92 Å². The van der Waals surface area contributed by atoms with Gasteiger partial charge >= 0.3 is 0 Å². The van der Waals surface area contributed by atoms with Gasteiger partial charge in [-0.15, -0.1) is 0 Å². The summed E-state index contributed by atoms with van der Waals surface area (Å²) in [7, 11) is 2.19. The Morgan fingerprint density at radius 3 is 2.85 bits per heavy atom. The molecule has 0 saturated carbocycles. The largest absolute Gasteiger partial charge is 0.346 e. The Hall–Kier alpha value is -2.66. The number of nitrogens with zero attached hydrogens (tertiary/aromatic N) is 3. The van der Waals surface area contributed by atoms with Gasteiger partial charge in [-0.2, -0.15) is 0 Å². The van der Waals surface area contributed by atoms with Crippen LogP contribution in [0.3, 0.4) is 0 Å². The van der Waals surface area contributed by atoms with E-state index in [9.17, 15) is 4.79 Å². The molecule has 1 fully saturated rings. The van der Waals surface area contributed by atoms with Crippen molar-refractivity contribution in [2.45, 2.75) is 32.4 Å². The molecule has 1 aliphatic heterocycles. The van der Waals surface area contributed by atoms with E-state index >= 15 is 0 Å². The van der Waals surface area contributed by atoms with Crippen LogP contribution in [0.4, 0.5) is 0 Å². The van der Waals surface area contributed by atoms with Crippen LogP contribution in [0.25, 0.3) is 11.0 Å². The molecule has 27 heavy (non-hydrogen) atoms. The summed E-state index contributed by atoms with van der Waals surface area (Å²) in [5.74, 6) is 0.113. The SMILES string of the molecule is Cc1cccc(CN(C)C2CCN(C(=O)c3ccnc4[nH]ccc34)CC2)c1. The number of aromatic amines is 1. The first-order valence-corrected chi connectivity index (χ1v) is 9.59. The first-order valence-electron chi connectivity index (χ1n) is 9.59. The lowest BCUT2D eigenvalue weighted by Gasteiger charge is -2.37. The summed E-state index contributed by atoms with van der Waals surface area (Å²) in [6.07, 6.45) is 5.56. The Kier molecular flexibility index (Phi) is 4.94. The average molecular weight is 362 g/mol. The molecule has 1 saturated heterocycles. The van der Waals surface area contributed by atoms with Crippen LogP contribution in [0.2, 0.25) is 0 Å². The van der Waals surface area contributed by atoms with E-state index in [2.05, 4.69) is 53.1 Å². The number of aromatic nitrogens is 2. The standard InChI is InChI=1S/C22H26N4O/c1-16-4-3-5-17(14-16)15-25(2)18-8-12-26(13-9-18)22(27)20-7-11-24-21-19(20)6-10-23-21/h3-7,10-11,14,18H,8-9,12-13,15H2,1-2H3,(H,23,24). The molecule has 4 rings (SSSR count). The predicted octanol–water partition coefficient (Wildman–Crippen LogP) is 3.61. The van der Waals surface area contributed by atoms with Crippen LogP contribution < -0.4 is 0 Å². The number of piperidine rings is 1. The third-order valence-electron chi connectivity index (χ3n) is 5.58. The smallest absolute Gasteiger partial charge is 0.254 e. The number of fused-ring (bicyclic) bond motifs is 1. The van der Waals surface area contributed by atoms with Crippen molar-refractivity contribution in [3.63, 3.8) is 0 Å². The van der Waals surface area contributed by atoms with Crippen LogP contribution in [0.5, 0.6) is 0 Å². The second-order valence-electron chi connectivity index (χ2n) is 7.53. The number of aryl methyl sites for hydroxylation is 1. The minimum Gasteiger partial charge on any atom is -0.346 e. The number of rotatable bonds is 4. The number of hydrogen-bond acceptors (Lipinski definition) is 3. The highest BCUT2D eigenvalue weighted by Crippen LogP contribution is 2.22. The molecule has 0 aliphatic carbocycles. The third-order valence-corrected chi connectivity index (χ3v) is 5.58. The molecule has 5 heteroatoms. The summed E-state index contributed by atoms with van der Waals surface area (Å²) < 4.78 is 0. The molecule has 1 aliphatic rings. The minimum atomic E-state index is 0.113. The molecule has 0 unspecified atom stereocenters. The highest BCUT2D eigenvalue weighted by atomic mass is 16.2. The molecule has 1 N–H and O–H groups in total. The second-order valence-corrected chi connectivity index (χ2v) is 7.53. The van der Waals surface area contributed by atoms with Crippen LogP contribution in [-0.4, -0.2) is 51.9 Å². The van der Waals surface area contributed by atoms with E-state index in [1.54, 1.807) is 6.20 Å². The monoisotopic (exact) mass is 362 g/mol. The topological polar surface area (TPSA) is 52.2 Å². The van der Waals surface area contributed by atoms with Gasteiger partial charge in [0.05, 0.1) is 5.56 Å². The number of likely N-dealkylation sites (tertiary alicyclic amines) is 1. The number of amides is 1. The quantitative estimate of drug-likeness (QED) is 0.771. The molecule has 140 valence electrons. The molecule has 1 amide bonds. The molecule has 0 radical (unpaired) electrons. The van der Waals surface area contributed by atoms with Gasteiger partial charge in [-0.1, -0.05) is 29.8 Å².